The van der Waals surface area contributed by atoms with E-state index < -0.39 is 0 Å². The van der Waals surface area contributed by atoms with Crippen molar-refractivity contribution >= 4 is 27.5 Å². The fourth-order valence-electron chi connectivity index (χ4n) is 1.24. The van der Waals surface area contributed by atoms with Crippen LogP contribution < -0.4 is 0 Å². The molecule has 0 saturated heterocycles. The summed E-state index contributed by atoms with van der Waals surface area (Å²) >= 11 is 9.32. The van der Waals surface area contributed by atoms with Crippen LogP contribution in [0.25, 0.3) is 11.5 Å². The minimum absolute atomic E-state index is 0.268. The maximum absolute atomic E-state index is 5.85. The summed E-state index contributed by atoms with van der Waals surface area (Å²) in [5.41, 5.74) is 2.04. The molecule has 0 N–H and O–H groups in total. The average Bonchev–Trinajstić information content (AvgIpc) is 2.71. The van der Waals surface area contributed by atoms with Gasteiger partial charge in [-0.3, -0.25) is 0 Å². The first kappa shape index (κ1) is 11.6. The molecule has 0 fully saturated rings. The predicted octanol–water partition coefficient (Wildman–Crippen LogP) is 4.11. The summed E-state index contributed by atoms with van der Waals surface area (Å²) < 4.78 is 6.47. The van der Waals surface area contributed by atoms with Gasteiger partial charge in [0.05, 0.1) is 0 Å². The lowest BCUT2D eigenvalue weighted by Gasteiger charge is -1.99. The number of rotatable bonds is 2. The molecule has 1 aromatic heterocycles. The molecule has 2 rings (SSSR count). The predicted molar refractivity (Wildman–Crippen MR) is 66.4 cm³/mol. The molecule has 0 aliphatic heterocycles. The molecule has 0 amide bonds. The smallest absolute Gasteiger partial charge is 0.247 e. The normalized spacial score (nSPS) is 12.8. The van der Waals surface area contributed by atoms with E-state index in [9.17, 15) is 0 Å². The second-order valence-corrected chi connectivity index (χ2v) is 5.03. The molecule has 2 aromatic rings. The van der Waals surface area contributed by atoms with Gasteiger partial charge in [0.25, 0.3) is 0 Å². The van der Waals surface area contributed by atoms with Gasteiger partial charge < -0.3 is 4.42 Å². The molecule has 5 heteroatoms. The van der Waals surface area contributed by atoms with Crippen LogP contribution in [0.5, 0.6) is 0 Å². The first-order valence-corrected chi connectivity index (χ1v) is 6.05. The molecule has 0 aliphatic rings. The first-order valence-electron chi connectivity index (χ1n) is 4.82. The van der Waals surface area contributed by atoms with Gasteiger partial charge in [-0.05, 0) is 31.5 Å². The highest BCUT2D eigenvalue weighted by molar-refractivity contribution is 9.10. The van der Waals surface area contributed by atoms with Gasteiger partial charge in [-0.25, -0.2) is 0 Å². The number of nitrogens with zero attached hydrogens (tertiary/aromatic N) is 2. The lowest BCUT2D eigenvalue weighted by molar-refractivity contribution is 0.507. The van der Waals surface area contributed by atoms with E-state index >= 15 is 0 Å². The number of aryl methyl sites for hydroxylation is 1. The molecule has 0 bridgehead atoms. The van der Waals surface area contributed by atoms with Gasteiger partial charge in [0.15, 0.2) is 0 Å². The van der Waals surface area contributed by atoms with Crippen LogP contribution in [-0.4, -0.2) is 10.2 Å². The van der Waals surface area contributed by atoms with Gasteiger partial charge in [0.1, 0.15) is 5.38 Å². The maximum Gasteiger partial charge on any atom is 0.247 e. The third-order valence-electron chi connectivity index (χ3n) is 2.20. The molecule has 1 aromatic carbocycles. The zero-order valence-electron chi connectivity index (χ0n) is 8.87. The SMILES string of the molecule is Cc1ccc(-c2nnc(C(C)Cl)o2)cc1Br. The highest BCUT2D eigenvalue weighted by Crippen LogP contribution is 2.26. The van der Waals surface area contributed by atoms with E-state index in [4.69, 9.17) is 16.0 Å². The van der Waals surface area contributed by atoms with Crippen LogP contribution in [-0.2, 0) is 0 Å². The van der Waals surface area contributed by atoms with Crippen molar-refractivity contribution in [3.63, 3.8) is 0 Å². The van der Waals surface area contributed by atoms with E-state index in [2.05, 4.69) is 26.1 Å². The Morgan fingerprint density at radius 2 is 2.12 bits per heavy atom. The summed E-state index contributed by atoms with van der Waals surface area (Å²) in [5.74, 6) is 0.927. The molecule has 0 aliphatic carbocycles. The number of halogens is 2. The Bertz CT molecular complexity index is 510. The lowest BCUT2D eigenvalue weighted by Crippen LogP contribution is -1.82. The Morgan fingerprint density at radius 1 is 1.38 bits per heavy atom. The van der Waals surface area contributed by atoms with Gasteiger partial charge in [0, 0.05) is 10.0 Å². The van der Waals surface area contributed by atoms with E-state index in [0.29, 0.717) is 11.8 Å². The fraction of sp³-hybridized carbons (Fsp3) is 0.273. The minimum Gasteiger partial charge on any atom is -0.419 e. The van der Waals surface area contributed by atoms with Gasteiger partial charge in [-0.1, -0.05) is 22.0 Å². The van der Waals surface area contributed by atoms with Gasteiger partial charge in [-0.2, -0.15) is 0 Å². The van der Waals surface area contributed by atoms with Crippen molar-refractivity contribution in [1.82, 2.24) is 10.2 Å². The van der Waals surface area contributed by atoms with Crippen LogP contribution in [0.2, 0.25) is 0 Å². The molecule has 0 saturated carbocycles. The summed E-state index contributed by atoms with van der Waals surface area (Å²) in [6.07, 6.45) is 0. The zero-order chi connectivity index (χ0) is 11.7. The highest BCUT2D eigenvalue weighted by atomic mass is 79.9. The van der Waals surface area contributed by atoms with Crippen LogP contribution in [0.3, 0.4) is 0 Å². The van der Waals surface area contributed by atoms with Crippen molar-refractivity contribution in [1.29, 1.82) is 0 Å². The molecular weight excluding hydrogens is 291 g/mol. The van der Waals surface area contributed by atoms with Crippen molar-refractivity contribution in [3.05, 3.63) is 34.1 Å². The van der Waals surface area contributed by atoms with Crippen LogP contribution in [0.15, 0.2) is 27.1 Å². The molecule has 0 spiro atoms. The number of hydrogen-bond donors (Lipinski definition) is 0. The number of aromatic nitrogens is 2. The topological polar surface area (TPSA) is 38.9 Å². The van der Waals surface area contributed by atoms with Crippen molar-refractivity contribution in [3.8, 4) is 11.5 Å². The third kappa shape index (κ3) is 2.28. The Balaban J connectivity index is 2.39. The van der Waals surface area contributed by atoms with Crippen LogP contribution >= 0.6 is 27.5 Å². The molecule has 1 heterocycles. The fourth-order valence-corrected chi connectivity index (χ4v) is 1.70. The Labute approximate surface area is 107 Å². The van der Waals surface area contributed by atoms with Crippen molar-refractivity contribution < 1.29 is 4.42 Å². The average molecular weight is 302 g/mol. The Morgan fingerprint density at radius 3 is 2.69 bits per heavy atom. The lowest BCUT2D eigenvalue weighted by atomic mass is 10.1. The summed E-state index contributed by atoms with van der Waals surface area (Å²) in [4.78, 5) is 0. The number of benzene rings is 1. The second kappa shape index (κ2) is 4.55. The van der Waals surface area contributed by atoms with Crippen molar-refractivity contribution in [2.24, 2.45) is 0 Å². The molecular formula is C11H10BrClN2O. The van der Waals surface area contributed by atoms with E-state index in [1.165, 1.54) is 0 Å². The highest BCUT2D eigenvalue weighted by Gasteiger charge is 2.12. The Hall–Kier alpha value is -0.870. The summed E-state index contributed by atoms with van der Waals surface area (Å²) in [6.45, 7) is 3.82. The van der Waals surface area contributed by atoms with Crippen molar-refractivity contribution in [2.75, 3.05) is 0 Å². The second-order valence-electron chi connectivity index (χ2n) is 3.53. The molecule has 1 atom stereocenters. The van der Waals surface area contributed by atoms with Gasteiger partial charge >= 0.3 is 0 Å². The zero-order valence-corrected chi connectivity index (χ0v) is 11.2. The quantitative estimate of drug-likeness (QED) is 0.784. The summed E-state index contributed by atoms with van der Waals surface area (Å²) in [5, 5.41) is 7.57. The monoisotopic (exact) mass is 300 g/mol. The van der Waals surface area contributed by atoms with Crippen LogP contribution in [0.4, 0.5) is 0 Å². The summed E-state index contributed by atoms with van der Waals surface area (Å²) in [6, 6.07) is 5.88. The number of alkyl halides is 1. The standard InChI is InChI=1S/C11H10BrClN2O/c1-6-3-4-8(5-9(6)12)11-15-14-10(16-11)7(2)13/h3-5,7H,1-2H3. The molecule has 1 unspecified atom stereocenters. The van der Waals surface area contributed by atoms with Crippen LogP contribution in [0, 0.1) is 6.92 Å². The molecule has 0 radical (unpaired) electrons. The first-order chi connectivity index (χ1) is 7.58. The third-order valence-corrected chi connectivity index (χ3v) is 3.24. The molecule has 3 nitrogen and oxygen atoms in total. The van der Waals surface area contributed by atoms with Crippen LogP contribution in [0.1, 0.15) is 23.8 Å². The number of hydrogen-bond acceptors (Lipinski definition) is 3. The van der Waals surface area contributed by atoms with Gasteiger partial charge in [0.2, 0.25) is 11.8 Å². The Kier molecular flexibility index (Phi) is 3.30. The minimum atomic E-state index is -0.268. The van der Waals surface area contributed by atoms with E-state index in [-0.39, 0.29) is 5.38 Å². The van der Waals surface area contributed by atoms with E-state index in [0.717, 1.165) is 15.6 Å². The molecule has 84 valence electrons. The summed E-state index contributed by atoms with van der Waals surface area (Å²) in [7, 11) is 0. The molecule has 16 heavy (non-hydrogen) atoms. The largest absolute Gasteiger partial charge is 0.419 e. The maximum atomic E-state index is 5.85. The van der Waals surface area contributed by atoms with E-state index in [1.54, 1.807) is 6.92 Å². The van der Waals surface area contributed by atoms with Crippen molar-refractivity contribution in [2.45, 2.75) is 19.2 Å². The van der Waals surface area contributed by atoms with E-state index in [1.807, 2.05) is 25.1 Å². The van der Waals surface area contributed by atoms with Gasteiger partial charge in [-0.15, -0.1) is 21.8 Å².